The summed E-state index contributed by atoms with van der Waals surface area (Å²) in [6, 6.07) is 4.22. The molecule has 0 fully saturated rings. The van der Waals surface area contributed by atoms with E-state index >= 15 is 0 Å². The fourth-order valence-corrected chi connectivity index (χ4v) is 2.84. The van der Waals surface area contributed by atoms with Gasteiger partial charge >= 0.3 is 13.6 Å². The van der Waals surface area contributed by atoms with Crippen LogP contribution in [0, 0.1) is 29.1 Å². The van der Waals surface area contributed by atoms with Crippen LogP contribution in [0.3, 0.4) is 0 Å². The van der Waals surface area contributed by atoms with Crippen molar-refractivity contribution in [1.29, 1.82) is 0 Å². The number of H-pyrrole nitrogens is 1. The third-order valence-corrected chi connectivity index (χ3v) is 4.50. The van der Waals surface area contributed by atoms with Gasteiger partial charge in [0.25, 0.3) is 5.52 Å². The smallest absolute Gasteiger partial charge is 0.396 e. The first-order chi connectivity index (χ1) is 13.4. The third-order valence-electron chi connectivity index (χ3n) is 3.72. The van der Waals surface area contributed by atoms with Crippen LogP contribution in [0.4, 0.5) is 22.0 Å². The number of benzene rings is 2. The molecule has 0 aliphatic carbocycles. The van der Waals surface area contributed by atoms with Crippen molar-refractivity contribution >= 4 is 30.0 Å². The molecule has 0 spiro atoms. The number of aromatic amines is 1. The van der Waals surface area contributed by atoms with E-state index in [0.717, 1.165) is 18.2 Å². The van der Waals surface area contributed by atoms with Crippen molar-refractivity contribution in [3.05, 3.63) is 64.6 Å². The van der Waals surface area contributed by atoms with E-state index in [1.807, 2.05) is 0 Å². The summed E-state index contributed by atoms with van der Waals surface area (Å²) in [5, 5.41) is 0.0775. The van der Waals surface area contributed by atoms with Gasteiger partial charge in [0.2, 0.25) is 34.8 Å². The molecule has 0 bridgehead atoms. The first-order valence-corrected chi connectivity index (χ1v) is 9.00. The molecule has 7 nitrogen and oxygen atoms in total. The van der Waals surface area contributed by atoms with Gasteiger partial charge in [-0.25, -0.2) is 18.0 Å². The van der Waals surface area contributed by atoms with Crippen LogP contribution < -0.4 is 4.74 Å². The van der Waals surface area contributed by atoms with E-state index in [2.05, 4.69) is 9.72 Å². The summed E-state index contributed by atoms with van der Waals surface area (Å²) in [5.41, 5.74) is -2.21. The maximum absolute atomic E-state index is 13.6. The second-order valence-corrected chi connectivity index (χ2v) is 7.12. The zero-order valence-electron chi connectivity index (χ0n) is 13.7. The zero-order chi connectivity index (χ0) is 21.7. The molecule has 152 valence electrons. The number of halogens is 5. The van der Waals surface area contributed by atoms with E-state index in [0.29, 0.717) is 0 Å². The van der Waals surface area contributed by atoms with E-state index in [4.69, 9.17) is 9.79 Å². The topological polar surface area (TPSA) is 117 Å². The first-order valence-electron chi connectivity index (χ1n) is 7.38. The molecule has 29 heavy (non-hydrogen) atoms. The normalized spacial score (nSPS) is 11.7. The van der Waals surface area contributed by atoms with Gasteiger partial charge in [0.15, 0.2) is 0 Å². The second kappa shape index (κ2) is 7.07. The molecule has 3 N–H and O–H groups in total. The maximum atomic E-state index is 13.6. The number of ether oxygens (including phenoxy) is 1. The quantitative estimate of drug-likeness (QED) is 0.145. The number of carbonyl (C=O) groups excluding carboxylic acids is 2. The fourth-order valence-electron chi connectivity index (χ4n) is 2.37. The summed E-state index contributed by atoms with van der Waals surface area (Å²) in [6.07, 6.45) is 0. The average Bonchev–Trinajstić information content (AvgIpc) is 3.10. The van der Waals surface area contributed by atoms with Gasteiger partial charge < -0.3 is 19.5 Å². The predicted octanol–water partition coefficient (Wildman–Crippen LogP) is 3.40. The van der Waals surface area contributed by atoms with E-state index in [1.54, 1.807) is 0 Å². The number of esters is 1. The zero-order valence-corrected chi connectivity index (χ0v) is 14.6. The molecule has 1 aromatic heterocycles. The number of nitrogens with one attached hydrogen (secondary N) is 1. The van der Waals surface area contributed by atoms with Gasteiger partial charge in [0.05, 0.1) is 0 Å². The summed E-state index contributed by atoms with van der Waals surface area (Å²) in [7, 11) is -5.07. The monoisotopic (exact) mass is 435 g/mol. The van der Waals surface area contributed by atoms with Crippen LogP contribution >= 0.6 is 7.60 Å². The van der Waals surface area contributed by atoms with Crippen molar-refractivity contribution < 1.29 is 50.6 Å². The van der Waals surface area contributed by atoms with Crippen molar-refractivity contribution in [2.75, 3.05) is 0 Å². The lowest BCUT2D eigenvalue weighted by molar-refractivity contribution is 0.0710. The molecule has 0 saturated heterocycles. The second-order valence-electron chi connectivity index (χ2n) is 5.62. The minimum Gasteiger partial charge on any atom is -0.415 e. The molecule has 1 heterocycles. The van der Waals surface area contributed by atoms with E-state index in [1.165, 1.54) is 6.07 Å². The number of carbonyl (C=O) groups is 2. The molecule has 0 atom stereocenters. The van der Waals surface area contributed by atoms with Crippen LogP contribution in [-0.4, -0.2) is 26.3 Å². The predicted molar refractivity (Wildman–Crippen MR) is 85.9 cm³/mol. The Labute approximate surface area is 156 Å². The largest absolute Gasteiger partial charge is 0.415 e. The highest BCUT2D eigenvalue weighted by Crippen LogP contribution is 2.39. The Morgan fingerprint density at radius 1 is 0.897 bits per heavy atom. The highest BCUT2D eigenvalue weighted by atomic mass is 31.2. The Hall–Kier alpha value is -3.08. The summed E-state index contributed by atoms with van der Waals surface area (Å²) < 4.78 is 81.9. The van der Waals surface area contributed by atoms with Crippen molar-refractivity contribution in [3.63, 3.8) is 0 Å². The number of fused-ring (bicyclic) bond motifs is 1. The number of hydrogen-bond acceptors (Lipinski definition) is 4. The van der Waals surface area contributed by atoms with Crippen LogP contribution in [0.15, 0.2) is 24.3 Å². The molecule has 13 heteroatoms. The Balaban J connectivity index is 1.97. The molecule has 0 unspecified atom stereocenters. The Bertz CT molecular complexity index is 1210. The molecule has 2 aromatic carbocycles. The molecular formula is C16H7F5NO6P. The maximum Gasteiger partial charge on any atom is 0.396 e. The summed E-state index contributed by atoms with van der Waals surface area (Å²) in [5.74, 6) is -15.0. The van der Waals surface area contributed by atoms with Crippen molar-refractivity contribution in [3.8, 4) is 5.75 Å². The van der Waals surface area contributed by atoms with Gasteiger partial charge in [0, 0.05) is 16.5 Å². The van der Waals surface area contributed by atoms with E-state index in [-0.39, 0.29) is 16.5 Å². The molecule has 3 rings (SSSR count). The molecule has 0 amide bonds. The lowest BCUT2D eigenvalue weighted by Gasteiger charge is -2.07. The van der Waals surface area contributed by atoms with Crippen molar-refractivity contribution in [2.45, 2.75) is 0 Å². The summed E-state index contributed by atoms with van der Waals surface area (Å²) in [4.78, 5) is 43.9. The Morgan fingerprint density at radius 2 is 1.45 bits per heavy atom. The van der Waals surface area contributed by atoms with Crippen LogP contribution in [-0.2, 0) is 4.57 Å². The minimum atomic E-state index is -5.07. The fraction of sp³-hybridized carbons (Fsp3) is 0. The lowest BCUT2D eigenvalue weighted by atomic mass is 10.2. The third kappa shape index (κ3) is 3.65. The Kier molecular flexibility index (Phi) is 5.03. The number of rotatable bonds is 4. The molecule has 0 aliphatic heterocycles. The van der Waals surface area contributed by atoms with Crippen LogP contribution in [0.1, 0.15) is 20.8 Å². The van der Waals surface area contributed by atoms with E-state index < -0.39 is 59.6 Å². The van der Waals surface area contributed by atoms with Gasteiger partial charge in [-0.15, -0.1) is 0 Å². The highest BCUT2D eigenvalue weighted by Gasteiger charge is 2.30. The highest BCUT2D eigenvalue weighted by molar-refractivity contribution is 7.70. The first kappa shape index (κ1) is 20.6. The molecule has 0 radical (unpaired) electrons. The van der Waals surface area contributed by atoms with Gasteiger partial charge in [-0.3, -0.25) is 9.36 Å². The number of aromatic nitrogens is 1. The van der Waals surface area contributed by atoms with Gasteiger partial charge in [-0.1, -0.05) is 0 Å². The van der Waals surface area contributed by atoms with Crippen LogP contribution in [0.5, 0.6) is 5.75 Å². The summed E-state index contributed by atoms with van der Waals surface area (Å²) >= 11 is 0. The van der Waals surface area contributed by atoms with E-state index in [9.17, 15) is 36.1 Å². The molecule has 0 aliphatic rings. The van der Waals surface area contributed by atoms with Crippen LogP contribution in [0.2, 0.25) is 0 Å². The number of hydrogen-bond donors (Lipinski definition) is 3. The van der Waals surface area contributed by atoms with Gasteiger partial charge in [-0.2, -0.15) is 8.78 Å². The standard InChI is InChI=1S/C16H7F5NO6P/c17-9-10(18)12(20)14(13(21)11(9)19)28-15(23)8-4-6-3-5(1-2-7(6)22-8)16(24)29(25,26)27/h1-4,22H,(H2,25,26,27). The minimum absolute atomic E-state index is 0.0775. The SMILES string of the molecule is O=C(Oc1c(F)c(F)c(F)c(F)c1F)c1cc2cc(C(=O)P(=O)(O)O)ccc2[nH]1. The van der Waals surface area contributed by atoms with Gasteiger partial charge in [-0.05, 0) is 24.3 Å². The Morgan fingerprint density at radius 3 is 2.00 bits per heavy atom. The van der Waals surface area contributed by atoms with Crippen molar-refractivity contribution in [1.82, 2.24) is 4.98 Å². The molecule has 0 saturated carbocycles. The van der Waals surface area contributed by atoms with Gasteiger partial charge in [0.1, 0.15) is 5.69 Å². The molecule has 3 aromatic rings. The average molecular weight is 435 g/mol. The van der Waals surface area contributed by atoms with Crippen LogP contribution in [0.25, 0.3) is 10.9 Å². The summed E-state index contributed by atoms with van der Waals surface area (Å²) in [6.45, 7) is 0. The lowest BCUT2D eigenvalue weighted by Crippen LogP contribution is -2.14. The molecular weight excluding hydrogens is 428 g/mol. The van der Waals surface area contributed by atoms with Crippen molar-refractivity contribution in [2.24, 2.45) is 0 Å².